The quantitative estimate of drug-likeness (QED) is 0.615. The van der Waals surface area contributed by atoms with E-state index >= 15 is 0 Å². The van der Waals surface area contributed by atoms with Crippen LogP contribution in [-0.4, -0.2) is 9.97 Å². The molecular formula is C13H6BrCl2FN2. The highest BCUT2D eigenvalue weighted by atomic mass is 79.9. The number of benzene rings is 2. The molecule has 0 aliphatic heterocycles. The van der Waals surface area contributed by atoms with Crippen LogP contribution in [0.5, 0.6) is 0 Å². The van der Waals surface area contributed by atoms with Gasteiger partial charge in [-0.25, -0.2) is 9.37 Å². The number of aromatic amines is 1. The van der Waals surface area contributed by atoms with Crippen molar-refractivity contribution in [1.29, 1.82) is 0 Å². The van der Waals surface area contributed by atoms with Crippen LogP contribution < -0.4 is 0 Å². The van der Waals surface area contributed by atoms with Gasteiger partial charge in [0.1, 0.15) is 11.6 Å². The Hall–Kier alpha value is -1.10. The summed E-state index contributed by atoms with van der Waals surface area (Å²) in [7, 11) is 0. The smallest absolute Gasteiger partial charge is 0.138 e. The maximum Gasteiger partial charge on any atom is 0.138 e. The van der Waals surface area contributed by atoms with Gasteiger partial charge in [0.05, 0.1) is 25.6 Å². The molecule has 19 heavy (non-hydrogen) atoms. The van der Waals surface area contributed by atoms with Gasteiger partial charge in [-0.05, 0) is 46.3 Å². The molecule has 0 fully saturated rings. The van der Waals surface area contributed by atoms with Crippen molar-refractivity contribution in [1.82, 2.24) is 9.97 Å². The molecule has 3 rings (SSSR count). The van der Waals surface area contributed by atoms with Gasteiger partial charge >= 0.3 is 0 Å². The summed E-state index contributed by atoms with van der Waals surface area (Å²) in [6.07, 6.45) is 0. The van der Waals surface area contributed by atoms with Gasteiger partial charge in [-0.3, -0.25) is 0 Å². The zero-order valence-corrected chi connectivity index (χ0v) is 12.4. The van der Waals surface area contributed by atoms with E-state index in [0.717, 1.165) is 5.52 Å². The van der Waals surface area contributed by atoms with Crippen LogP contribution in [0, 0.1) is 5.82 Å². The second-order valence-electron chi connectivity index (χ2n) is 4.00. The average molecular weight is 360 g/mol. The molecular weight excluding hydrogens is 354 g/mol. The number of H-pyrrole nitrogens is 1. The summed E-state index contributed by atoms with van der Waals surface area (Å²) < 4.78 is 13.9. The molecule has 0 radical (unpaired) electrons. The predicted molar refractivity (Wildman–Crippen MR) is 79.2 cm³/mol. The van der Waals surface area contributed by atoms with Crippen molar-refractivity contribution in [2.24, 2.45) is 0 Å². The van der Waals surface area contributed by atoms with E-state index in [1.54, 1.807) is 24.3 Å². The molecule has 0 bridgehead atoms. The third-order valence-corrected chi connectivity index (χ3v) is 4.08. The van der Waals surface area contributed by atoms with Crippen molar-refractivity contribution in [2.75, 3.05) is 0 Å². The molecule has 1 N–H and O–H groups in total. The number of fused-ring (bicyclic) bond motifs is 1. The molecule has 0 unspecified atom stereocenters. The van der Waals surface area contributed by atoms with Gasteiger partial charge in [-0.15, -0.1) is 0 Å². The van der Waals surface area contributed by atoms with Crippen molar-refractivity contribution < 1.29 is 4.39 Å². The summed E-state index contributed by atoms with van der Waals surface area (Å²) in [6.45, 7) is 0. The highest BCUT2D eigenvalue weighted by Gasteiger charge is 2.09. The molecule has 0 aliphatic rings. The van der Waals surface area contributed by atoms with Crippen LogP contribution in [-0.2, 0) is 0 Å². The lowest BCUT2D eigenvalue weighted by atomic mass is 10.2. The third-order valence-electron chi connectivity index (χ3n) is 2.72. The van der Waals surface area contributed by atoms with Crippen molar-refractivity contribution in [2.45, 2.75) is 0 Å². The third kappa shape index (κ3) is 2.36. The van der Waals surface area contributed by atoms with E-state index in [1.807, 2.05) is 0 Å². The van der Waals surface area contributed by atoms with Gasteiger partial charge in [0, 0.05) is 5.56 Å². The summed E-state index contributed by atoms with van der Waals surface area (Å²) in [5.41, 5.74) is 2.10. The Morgan fingerprint density at radius 1 is 1.11 bits per heavy atom. The van der Waals surface area contributed by atoms with Crippen LogP contribution in [0.15, 0.2) is 34.8 Å². The van der Waals surface area contributed by atoms with Crippen LogP contribution in [0.25, 0.3) is 22.4 Å². The Morgan fingerprint density at radius 2 is 1.84 bits per heavy atom. The number of aromatic nitrogens is 2. The normalized spacial score (nSPS) is 11.2. The van der Waals surface area contributed by atoms with E-state index < -0.39 is 0 Å². The molecule has 96 valence electrons. The van der Waals surface area contributed by atoms with Crippen LogP contribution >= 0.6 is 39.1 Å². The summed E-state index contributed by atoms with van der Waals surface area (Å²) in [5, 5.41) is 0.889. The highest BCUT2D eigenvalue weighted by molar-refractivity contribution is 9.10. The Kier molecular flexibility index (Phi) is 3.25. The Labute approximate surface area is 126 Å². The van der Waals surface area contributed by atoms with E-state index in [1.165, 1.54) is 6.07 Å². The first kappa shape index (κ1) is 12.9. The van der Waals surface area contributed by atoms with E-state index in [9.17, 15) is 4.39 Å². The molecule has 0 aliphatic carbocycles. The van der Waals surface area contributed by atoms with E-state index in [4.69, 9.17) is 23.2 Å². The maximum absolute atomic E-state index is 13.5. The molecule has 0 spiro atoms. The SMILES string of the molecule is Fc1cc(-c2nc3cc(Cl)c(Cl)cc3[nH]2)ccc1Br. The van der Waals surface area contributed by atoms with Crippen LogP contribution in [0.1, 0.15) is 0 Å². The first-order valence-electron chi connectivity index (χ1n) is 5.35. The number of halogens is 4. The summed E-state index contributed by atoms with van der Waals surface area (Å²) >= 11 is 15.0. The number of hydrogen-bond acceptors (Lipinski definition) is 1. The lowest BCUT2D eigenvalue weighted by Crippen LogP contribution is -1.83. The fourth-order valence-electron chi connectivity index (χ4n) is 1.79. The zero-order valence-electron chi connectivity index (χ0n) is 9.35. The lowest BCUT2D eigenvalue weighted by molar-refractivity contribution is 0.621. The number of hydrogen-bond donors (Lipinski definition) is 1. The first-order valence-corrected chi connectivity index (χ1v) is 6.89. The van der Waals surface area contributed by atoms with Gasteiger partial charge < -0.3 is 4.98 Å². The van der Waals surface area contributed by atoms with E-state index in [2.05, 4.69) is 25.9 Å². The minimum absolute atomic E-state index is 0.339. The molecule has 0 atom stereocenters. The maximum atomic E-state index is 13.5. The fourth-order valence-corrected chi connectivity index (χ4v) is 2.35. The zero-order chi connectivity index (χ0) is 13.6. The van der Waals surface area contributed by atoms with Crippen LogP contribution in [0.3, 0.4) is 0 Å². The lowest BCUT2D eigenvalue weighted by Gasteiger charge is -1.98. The average Bonchev–Trinajstić information content (AvgIpc) is 2.76. The van der Waals surface area contributed by atoms with Crippen LogP contribution in [0.4, 0.5) is 4.39 Å². The minimum Gasteiger partial charge on any atom is -0.338 e. The van der Waals surface area contributed by atoms with Crippen molar-refractivity contribution in [3.05, 3.63) is 50.7 Å². The Bertz CT molecular complexity index is 747. The molecule has 2 nitrogen and oxygen atoms in total. The molecule has 0 saturated heterocycles. The Balaban J connectivity index is 2.17. The molecule has 1 heterocycles. The second kappa shape index (κ2) is 4.78. The van der Waals surface area contributed by atoms with Crippen molar-refractivity contribution >= 4 is 50.2 Å². The highest BCUT2D eigenvalue weighted by Crippen LogP contribution is 2.29. The minimum atomic E-state index is -0.339. The van der Waals surface area contributed by atoms with Gasteiger partial charge in [0.2, 0.25) is 0 Å². The van der Waals surface area contributed by atoms with Gasteiger partial charge in [-0.1, -0.05) is 23.2 Å². The van der Waals surface area contributed by atoms with Crippen molar-refractivity contribution in [3.8, 4) is 11.4 Å². The summed E-state index contributed by atoms with van der Waals surface area (Å²) in [4.78, 5) is 7.47. The summed E-state index contributed by atoms with van der Waals surface area (Å²) in [5.74, 6) is 0.230. The monoisotopic (exact) mass is 358 g/mol. The Morgan fingerprint density at radius 3 is 2.58 bits per heavy atom. The van der Waals surface area contributed by atoms with Gasteiger partial charge in [0.25, 0.3) is 0 Å². The van der Waals surface area contributed by atoms with Crippen LogP contribution in [0.2, 0.25) is 10.0 Å². The number of imidazole rings is 1. The second-order valence-corrected chi connectivity index (χ2v) is 5.67. The molecule has 3 aromatic rings. The van der Waals surface area contributed by atoms with E-state index in [0.29, 0.717) is 31.4 Å². The molecule has 0 amide bonds. The topological polar surface area (TPSA) is 28.7 Å². The van der Waals surface area contributed by atoms with E-state index in [-0.39, 0.29) is 5.82 Å². The molecule has 2 aromatic carbocycles. The molecule has 1 aromatic heterocycles. The first-order chi connectivity index (χ1) is 9.04. The largest absolute Gasteiger partial charge is 0.338 e. The summed E-state index contributed by atoms with van der Waals surface area (Å²) in [6, 6.07) is 8.19. The van der Waals surface area contributed by atoms with Crippen molar-refractivity contribution in [3.63, 3.8) is 0 Å². The fraction of sp³-hybridized carbons (Fsp3) is 0. The number of nitrogens with zero attached hydrogens (tertiary/aromatic N) is 1. The predicted octanol–water partition coefficient (Wildman–Crippen LogP) is 5.44. The number of rotatable bonds is 1. The standard InChI is InChI=1S/C13H6BrCl2FN2/c14-7-2-1-6(3-10(7)17)13-18-11-4-8(15)9(16)5-12(11)19-13/h1-5H,(H,18,19). The van der Waals surface area contributed by atoms with Gasteiger partial charge in [-0.2, -0.15) is 0 Å². The molecule has 0 saturated carbocycles. The molecule has 6 heteroatoms. The number of nitrogens with one attached hydrogen (secondary N) is 1. The van der Waals surface area contributed by atoms with Gasteiger partial charge in [0.15, 0.2) is 0 Å².